The van der Waals surface area contributed by atoms with Crippen LogP contribution in [0.4, 0.5) is 0 Å². The number of aldehydes is 1. The lowest BCUT2D eigenvalue weighted by Crippen LogP contribution is -2.05. The summed E-state index contributed by atoms with van der Waals surface area (Å²) in [5, 5.41) is 9.45. The third kappa shape index (κ3) is 2.34. The molecule has 0 heterocycles. The van der Waals surface area contributed by atoms with Crippen LogP contribution in [0.3, 0.4) is 0 Å². The number of hydrogen-bond acceptors (Lipinski definition) is 4. The van der Waals surface area contributed by atoms with E-state index in [0.717, 1.165) is 0 Å². The molecule has 0 aliphatic carbocycles. The highest BCUT2D eigenvalue weighted by Crippen LogP contribution is 2.22. The predicted molar refractivity (Wildman–Crippen MR) is 54.2 cm³/mol. The Labute approximate surface area is 87.5 Å². The number of ether oxygens (including phenoxy) is 1. The number of benzene rings is 1. The molecule has 4 heteroatoms. The monoisotopic (exact) mass is 208 g/mol. The molecule has 0 unspecified atom stereocenters. The van der Waals surface area contributed by atoms with Crippen molar-refractivity contribution in [2.24, 2.45) is 0 Å². The van der Waals surface area contributed by atoms with Crippen LogP contribution >= 0.6 is 0 Å². The van der Waals surface area contributed by atoms with Gasteiger partial charge in [0.1, 0.15) is 5.75 Å². The first kappa shape index (κ1) is 11.2. The first-order valence-electron chi connectivity index (χ1n) is 4.56. The summed E-state index contributed by atoms with van der Waals surface area (Å²) in [6.07, 6.45) is 0.505. The van der Waals surface area contributed by atoms with E-state index >= 15 is 0 Å². The van der Waals surface area contributed by atoms with Crippen molar-refractivity contribution >= 4 is 12.3 Å². The molecule has 0 fully saturated rings. The molecule has 0 saturated heterocycles. The number of aromatic hydroxyl groups is 1. The van der Waals surface area contributed by atoms with Gasteiger partial charge in [0.15, 0.2) is 6.29 Å². The lowest BCUT2D eigenvalue weighted by Gasteiger charge is -2.06. The third-order valence-electron chi connectivity index (χ3n) is 1.97. The molecule has 4 nitrogen and oxygen atoms in total. The van der Waals surface area contributed by atoms with Gasteiger partial charge in [-0.1, -0.05) is 0 Å². The van der Waals surface area contributed by atoms with Crippen molar-refractivity contribution in [2.75, 3.05) is 6.61 Å². The number of rotatable bonds is 3. The molecule has 1 aromatic rings. The number of carbonyl (C=O) groups is 2. The second kappa shape index (κ2) is 4.59. The molecule has 0 atom stereocenters. The number of esters is 1. The Morgan fingerprint density at radius 1 is 1.53 bits per heavy atom. The second-order valence-corrected chi connectivity index (χ2v) is 3.07. The molecular weight excluding hydrogens is 196 g/mol. The molecule has 1 aromatic carbocycles. The summed E-state index contributed by atoms with van der Waals surface area (Å²) in [5.74, 6) is -0.596. The Bertz CT molecular complexity index is 396. The Morgan fingerprint density at radius 2 is 2.20 bits per heavy atom. The maximum absolute atomic E-state index is 11.4. The summed E-state index contributed by atoms with van der Waals surface area (Å²) < 4.78 is 4.79. The summed E-state index contributed by atoms with van der Waals surface area (Å²) >= 11 is 0. The van der Waals surface area contributed by atoms with E-state index in [1.807, 2.05) is 0 Å². The zero-order valence-corrected chi connectivity index (χ0v) is 8.61. The fourth-order valence-corrected chi connectivity index (χ4v) is 1.23. The van der Waals surface area contributed by atoms with E-state index in [-0.39, 0.29) is 23.5 Å². The van der Waals surface area contributed by atoms with Crippen LogP contribution < -0.4 is 0 Å². The fourth-order valence-electron chi connectivity index (χ4n) is 1.23. The van der Waals surface area contributed by atoms with Crippen molar-refractivity contribution in [2.45, 2.75) is 13.8 Å². The molecule has 0 spiro atoms. The van der Waals surface area contributed by atoms with Crippen molar-refractivity contribution in [3.05, 3.63) is 28.8 Å². The zero-order chi connectivity index (χ0) is 11.4. The molecule has 0 aromatic heterocycles. The minimum absolute atomic E-state index is 0.0954. The van der Waals surface area contributed by atoms with Crippen LogP contribution in [0.15, 0.2) is 12.1 Å². The predicted octanol–water partition coefficient (Wildman–Crippen LogP) is 1.69. The van der Waals surface area contributed by atoms with E-state index in [4.69, 9.17) is 4.74 Å². The smallest absolute Gasteiger partial charge is 0.338 e. The first-order chi connectivity index (χ1) is 7.10. The number of phenolic OH excluding ortho intramolecular Hbond substituents is 1. The molecule has 0 saturated carbocycles. The van der Waals surface area contributed by atoms with Gasteiger partial charge < -0.3 is 9.84 Å². The van der Waals surface area contributed by atoms with Crippen molar-refractivity contribution < 1.29 is 19.4 Å². The van der Waals surface area contributed by atoms with Crippen LogP contribution in [0, 0.1) is 6.92 Å². The van der Waals surface area contributed by atoms with Crippen LogP contribution in [0.1, 0.15) is 33.2 Å². The second-order valence-electron chi connectivity index (χ2n) is 3.07. The number of hydrogen-bond donors (Lipinski definition) is 1. The zero-order valence-electron chi connectivity index (χ0n) is 8.61. The van der Waals surface area contributed by atoms with Crippen molar-refractivity contribution in [1.82, 2.24) is 0 Å². The van der Waals surface area contributed by atoms with E-state index in [0.29, 0.717) is 11.8 Å². The standard InChI is InChI=1S/C11H12O4/c1-3-15-11(14)8-4-7(2)10(13)9(5-8)6-12/h4-6,13H,3H2,1-2H3. The maximum atomic E-state index is 11.4. The van der Waals surface area contributed by atoms with Gasteiger partial charge in [-0.2, -0.15) is 0 Å². The summed E-state index contributed by atoms with van der Waals surface area (Å²) in [5.41, 5.74) is 0.843. The highest BCUT2D eigenvalue weighted by Gasteiger charge is 2.12. The van der Waals surface area contributed by atoms with Crippen molar-refractivity contribution in [3.63, 3.8) is 0 Å². The number of phenols is 1. The van der Waals surface area contributed by atoms with Crippen LogP contribution in [0.25, 0.3) is 0 Å². The normalized spacial score (nSPS) is 9.73. The molecule has 0 aliphatic rings. The Balaban J connectivity index is 3.16. The summed E-state index contributed by atoms with van der Waals surface area (Å²) in [4.78, 5) is 22.0. The van der Waals surface area contributed by atoms with Crippen molar-refractivity contribution in [3.8, 4) is 5.75 Å². The highest BCUT2D eigenvalue weighted by atomic mass is 16.5. The minimum atomic E-state index is -0.497. The maximum Gasteiger partial charge on any atom is 0.338 e. The molecule has 80 valence electrons. The topological polar surface area (TPSA) is 63.6 Å². The fraction of sp³-hybridized carbons (Fsp3) is 0.273. The SMILES string of the molecule is CCOC(=O)c1cc(C)c(O)c(C=O)c1. The van der Waals surface area contributed by atoms with E-state index in [1.54, 1.807) is 13.8 Å². The lowest BCUT2D eigenvalue weighted by atomic mass is 10.1. The van der Waals surface area contributed by atoms with Gasteiger partial charge >= 0.3 is 5.97 Å². The van der Waals surface area contributed by atoms with E-state index in [2.05, 4.69) is 0 Å². The molecular formula is C11H12O4. The van der Waals surface area contributed by atoms with E-state index in [1.165, 1.54) is 12.1 Å². The van der Waals surface area contributed by atoms with Crippen LogP contribution in [-0.2, 0) is 4.74 Å². The molecule has 1 N–H and O–H groups in total. The minimum Gasteiger partial charge on any atom is -0.507 e. The Morgan fingerprint density at radius 3 is 2.73 bits per heavy atom. The summed E-state index contributed by atoms with van der Waals surface area (Å²) in [7, 11) is 0. The average molecular weight is 208 g/mol. The Kier molecular flexibility index (Phi) is 3.44. The lowest BCUT2D eigenvalue weighted by molar-refractivity contribution is 0.0526. The largest absolute Gasteiger partial charge is 0.507 e. The molecule has 0 radical (unpaired) electrons. The molecule has 1 rings (SSSR count). The van der Waals surface area contributed by atoms with Crippen LogP contribution in [0.2, 0.25) is 0 Å². The van der Waals surface area contributed by atoms with Gasteiger partial charge in [-0.15, -0.1) is 0 Å². The Hall–Kier alpha value is -1.84. The van der Waals surface area contributed by atoms with Gasteiger partial charge in [-0.3, -0.25) is 4.79 Å². The summed E-state index contributed by atoms with van der Waals surface area (Å²) in [6.45, 7) is 3.59. The summed E-state index contributed by atoms with van der Waals surface area (Å²) in [6, 6.07) is 2.80. The molecule has 0 bridgehead atoms. The quantitative estimate of drug-likeness (QED) is 0.606. The van der Waals surface area contributed by atoms with Gasteiger partial charge in [-0.25, -0.2) is 4.79 Å². The van der Waals surface area contributed by atoms with Gasteiger partial charge in [0.25, 0.3) is 0 Å². The van der Waals surface area contributed by atoms with Gasteiger partial charge in [0, 0.05) is 0 Å². The van der Waals surface area contributed by atoms with Crippen molar-refractivity contribution in [1.29, 1.82) is 0 Å². The first-order valence-corrected chi connectivity index (χ1v) is 4.56. The average Bonchev–Trinajstić information content (AvgIpc) is 2.22. The molecule has 0 aliphatic heterocycles. The van der Waals surface area contributed by atoms with Gasteiger partial charge in [0.2, 0.25) is 0 Å². The number of carbonyl (C=O) groups excluding carboxylic acids is 2. The van der Waals surface area contributed by atoms with Crippen LogP contribution in [0.5, 0.6) is 5.75 Å². The highest BCUT2D eigenvalue weighted by molar-refractivity contribution is 5.93. The molecule has 15 heavy (non-hydrogen) atoms. The van der Waals surface area contributed by atoms with Crippen LogP contribution in [-0.4, -0.2) is 24.0 Å². The number of aryl methyl sites for hydroxylation is 1. The van der Waals surface area contributed by atoms with Gasteiger partial charge in [0.05, 0.1) is 17.7 Å². The van der Waals surface area contributed by atoms with E-state index in [9.17, 15) is 14.7 Å². The van der Waals surface area contributed by atoms with Gasteiger partial charge in [-0.05, 0) is 31.5 Å². The van der Waals surface area contributed by atoms with E-state index < -0.39 is 5.97 Å². The molecule has 0 amide bonds. The third-order valence-corrected chi connectivity index (χ3v) is 1.97.